The fraction of sp³-hybridized carbons (Fsp3) is 0.550. The van der Waals surface area contributed by atoms with Crippen LogP contribution in [0.3, 0.4) is 0 Å². The molecule has 8 nitrogen and oxygen atoms in total. The van der Waals surface area contributed by atoms with Crippen molar-refractivity contribution in [2.75, 3.05) is 51.2 Å². The number of hydrogen-bond acceptors (Lipinski definition) is 5. The smallest absolute Gasteiger partial charge is 0.191 e. The Morgan fingerprint density at radius 1 is 1.17 bits per heavy atom. The predicted octanol–water partition coefficient (Wildman–Crippen LogP) is 1.62. The lowest BCUT2D eigenvalue weighted by Gasteiger charge is -2.36. The van der Waals surface area contributed by atoms with E-state index < -0.39 is 0 Å². The first-order valence-corrected chi connectivity index (χ1v) is 9.97. The third-order valence-electron chi connectivity index (χ3n) is 5.13. The molecule has 1 aliphatic rings. The molecule has 1 saturated heterocycles. The van der Waals surface area contributed by atoms with Gasteiger partial charge in [-0.05, 0) is 37.6 Å². The van der Waals surface area contributed by atoms with Gasteiger partial charge in [-0.1, -0.05) is 12.1 Å². The zero-order valence-electron chi connectivity index (χ0n) is 17.6. The van der Waals surface area contributed by atoms with E-state index in [9.17, 15) is 0 Å². The molecule has 0 spiro atoms. The number of hydrogen-bond donors (Lipinski definition) is 2. The minimum Gasteiger partial charge on any atom is -0.369 e. The fourth-order valence-corrected chi connectivity index (χ4v) is 3.43. The summed E-state index contributed by atoms with van der Waals surface area (Å²) in [6, 6.07) is 8.79. The summed E-state index contributed by atoms with van der Waals surface area (Å²) in [5.41, 5.74) is 2.67. The van der Waals surface area contributed by atoms with Crippen LogP contribution in [0.2, 0.25) is 0 Å². The predicted molar refractivity (Wildman–Crippen MR) is 129 cm³/mol. The lowest BCUT2D eigenvalue weighted by molar-refractivity contribution is 0.255. The van der Waals surface area contributed by atoms with Crippen molar-refractivity contribution in [1.82, 2.24) is 30.3 Å². The van der Waals surface area contributed by atoms with Gasteiger partial charge in [0.15, 0.2) is 5.96 Å². The number of piperazine rings is 1. The van der Waals surface area contributed by atoms with Crippen LogP contribution in [0.5, 0.6) is 0 Å². The van der Waals surface area contributed by atoms with E-state index in [1.54, 1.807) is 18.1 Å². The van der Waals surface area contributed by atoms with Crippen LogP contribution in [0.25, 0.3) is 0 Å². The lowest BCUT2D eigenvalue weighted by atomic mass is 10.2. The minimum atomic E-state index is 0. The summed E-state index contributed by atoms with van der Waals surface area (Å²) in [6.45, 7) is 9.20. The summed E-state index contributed by atoms with van der Waals surface area (Å²) < 4.78 is 1.76. The summed E-state index contributed by atoms with van der Waals surface area (Å²) in [4.78, 5) is 13.5. The Balaban J connectivity index is 0.00000300. The van der Waals surface area contributed by atoms with E-state index in [1.165, 1.54) is 11.3 Å². The van der Waals surface area contributed by atoms with Gasteiger partial charge in [0, 0.05) is 52.5 Å². The summed E-state index contributed by atoms with van der Waals surface area (Å²) >= 11 is 0. The normalized spacial score (nSPS) is 15.1. The Bertz CT molecular complexity index is 767. The second-order valence-corrected chi connectivity index (χ2v) is 7.17. The highest BCUT2D eigenvalue weighted by atomic mass is 127. The zero-order valence-corrected chi connectivity index (χ0v) is 20.0. The number of guanidine groups is 1. The largest absolute Gasteiger partial charge is 0.369 e. The van der Waals surface area contributed by atoms with Crippen LogP contribution in [-0.4, -0.2) is 71.9 Å². The van der Waals surface area contributed by atoms with E-state index in [-0.39, 0.29) is 24.0 Å². The van der Waals surface area contributed by atoms with Crippen LogP contribution in [0.1, 0.15) is 17.8 Å². The van der Waals surface area contributed by atoms with Gasteiger partial charge in [-0.3, -0.25) is 14.6 Å². The molecule has 0 amide bonds. The lowest BCUT2D eigenvalue weighted by Crippen LogP contribution is -2.47. The number of benzene rings is 1. The van der Waals surface area contributed by atoms with Gasteiger partial charge in [0.1, 0.15) is 12.2 Å². The van der Waals surface area contributed by atoms with Gasteiger partial charge in [0.2, 0.25) is 0 Å². The maximum absolute atomic E-state index is 4.27. The number of anilines is 1. The first-order chi connectivity index (χ1) is 13.7. The number of aryl methyl sites for hydroxylation is 2. The molecule has 0 unspecified atom stereocenters. The number of halogens is 1. The SMILES string of the molecule is CN=C(NCCCN1CCN(c2cccc(C)c2)CC1)NCc1ncnn1C.I. The molecule has 0 saturated carbocycles. The number of rotatable bonds is 7. The third kappa shape index (κ3) is 7.14. The van der Waals surface area contributed by atoms with Crippen molar-refractivity contribution < 1.29 is 0 Å². The molecule has 160 valence electrons. The maximum atomic E-state index is 4.27. The molecule has 1 aromatic carbocycles. The molecule has 9 heteroatoms. The Morgan fingerprint density at radius 3 is 2.62 bits per heavy atom. The molecule has 3 rings (SSSR count). The van der Waals surface area contributed by atoms with Crippen LogP contribution in [-0.2, 0) is 13.6 Å². The number of aliphatic imine (C=N–C) groups is 1. The highest BCUT2D eigenvalue weighted by Crippen LogP contribution is 2.17. The van der Waals surface area contributed by atoms with Crippen LogP contribution < -0.4 is 15.5 Å². The van der Waals surface area contributed by atoms with Crippen molar-refractivity contribution in [2.24, 2.45) is 12.0 Å². The van der Waals surface area contributed by atoms with Gasteiger partial charge in [0.25, 0.3) is 0 Å². The quantitative estimate of drug-likeness (QED) is 0.254. The topological polar surface area (TPSA) is 73.6 Å². The Labute approximate surface area is 190 Å². The molecule has 1 aromatic heterocycles. The van der Waals surface area contributed by atoms with E-state index in [2.05, 4.69) is 66.7 Å². The van der Waals surface area contributed by atoms with E-state index in [4.69, 9.17) is 0 Å². The van der Waals surface area contributed by atoms with Crippen LogP contribution in [0, 0.1) is 6.92 Å². The molecular weight excluding hydrogens is 479 g/mol. The second-order valence-electron chi connectivity index (χ2n) is 7.17. The zero-order chi connectivity index (χ0) is 19.8. The van der Waals surface area contributed by atoms with Crippen molar-refractivity contribution in [3.63, 3.8) is 0 Å². The first-order valence-electron chi connectivity index (χ1n) is 9.97. The van der Waals surface area contributed by atoms with E-state index in [1.807, 2.05) is 7.05 Å². The van der Waals surface area contributed by atoms with Gasteiger partial charge in [-0.15, -0.1) is 24.0 Å². The van der Waals surface area contributed by atoms with E-state index in [0.29, 0.717) is 6.54 Å². The molecule has 0 radical (unpaired) electrons. The van der Waals surface area contributed by atoms with Crippen molar-refractivity contribution in [1.29, 1.82) is 0 Å². The summed E-state index contributed by atoms with van der Waals surface area (Å²) in [5, 5.41) is 10.7. The Kier molecular flexibility index (Phi) is 9.65. The molecule has 29 heavy (non-hydrogen) atoms. The molecule has 0 aliphatic carbocycles. The summed E-state index contributed by atoms with van der Waals surface area (Å²) in [6.07, 6.45) is 2.65. The monoisotopic (exact) mass is 512 g/mol. The third-order valence-corrected chi connectivity index (χ3v) is 5.13. The molecule has 1 fully saturated rings. The maximum Gasteiger partial charge on any atom is 0.191 e. The Morgan fingerprint density at radius 2 is 1.97 bits per heavy atom. The minimum absolute atomic E-state index is 0. The molecule has 2 heterocycles. The summed E-state index contributed by atoms with van der Waals surface area (Å²) in [5.74, 6) is 1.68. The van der Waals surface area contributed by atoms with Crippen molar-refractivity contribution >= 4 is 35.6 Å². The molecule has 1 aliphatic heterocycles. The van der Waals surface area contributed by atoms with Crippen molar-refractivity contribution in [3.8, 4) is 0 Å². The first kappa shape index (κ1) is 23.4. The van der Waals surface area contributed by atoms with Gasteiger partial charge < -0.3 is 15.5 Å². The van der Waals surface area contributed by atoms with Crippen molar-refractivity contribution in [3.05, 3.63) is 42.0 Å². The number of nitrogens with zero attached hydrogens (tertiary/aromatic N) is 6. The molecule has 0 atom stereocenters. The molecule has 2 N–H and O–H groups in total. The highest BCUT2D eigenvalue weighted by molar-refractivity contribution is 14.0. The van der Waals surface area contributed by atoms with Gasteiger partial charge in [-0.2, -0.15) is 5.10 Å². The Hall–Kier alpha value is -1.88. The number of nitrogens with one attached hydrogen (secondary N) is 2. The molecular formula is C20H33IN8. The second kappa shape index (κ2) is 12.0. The van der Waals surface area contributed by atoms with E-state index >= 15 is 0 Å². The molecule has 0 bridgehead atoms. The average molecular weight is 512 g/mol. The van der Waals surface area contributed by atoms with Gasteiger partial charge in [-0.25, -0.2) is 4.98 Å². The van der Waals surface area contributed by atoms with Crippen molar-refractivity contribution in [2.45, 2.75) is 19.9 Å². The average Bonchev–Trinajstić information content (AvgIpc) is 3.13. The van der Waals surface area contributed by atoms with Gasteiger partial charge in [0.05, 0.1) is 6.54 Å². The van der Waals surface area contributed by atoms with Gasteiger partial charge >= 0.3 is 0 Å². The highest BCUT2D eigenvalue weighted by Gasteiger charge is 2.16. The summed E-state index contributed by atoms with van der Waals surface area (Å²) in [7, 11) is 3.68. The number of aromatic nitrogens is 3. The van der Waals surface area contributed by atoms with Crippen LogP contribution in [0.4, 0.5) is 5.69 Å². The van der Waals surface area contributed by atoms with Crippen LogP contribution >= 0.6 is 24.0 Å². The van der Waals surface area contributed by atoms with E-state index in [0.717, 1.165) is 57.5 Å². The fourth-order valence-electron chi connectivity index (χ4n) is 3.43. The standard InChI is InChI=1S/C20H32N8.HI/c1-17-6-4-7-18(14-17)28-12-10-27(11-13-28)9-5-8-22-20(21-2)23-15-19-24-16-25-26(19)3;/h4,6-7,14,16H,5,8-13,15H2,1-3H3,(H2,21,22,23);1H. The molecule has 2 aromatic rings. The van der Waals surface area contributed by atoms with Crippen LogP contribution in [0.15, 0.2) is 35.6 Å².